The fourth-order valence-electron chi connectivity index (χ4n) is 4.06. The lowest BCUT2D eigenvalue weighted by atomic mass is 9.61. The zero-order chi connectivity index (χ0) is 17.8. The third-order valence-electron chi connectivity index (χ3n) is 5.06. The number of nitrogens with zero attached hydrogens (tertiary/aromatic N) is 5. The van der Waals surface area contributed by atoms with E-state index in [2.05, 4.69) is 10.2 Å². The van der Waals surface area contributed by atoms with Crippen LogP contribution in [0.1, 0.15) is 30.6 Å². The Labute approximate surface area is 144 Å². The summed E-state index contributed by atoms with van der Waals surface area (Å²) < 4.78 is 1.43. The first-order valence-corrected chi connectivity index (χ1v) is 8.11. The Balaban J connectivity index is 1.59. The van der Waals surface area contributed by atoms with Crippen molar-refractivity contribution in [2.75, 3.05) is 13.1 Å². The summed E-state index contributed by atoms with van der Waals surface area (Å²) in [7, 11) is 0. The first-order chi connectivity index (χ1) is 11.9. The Morgan fingerprint density at radius 3 is 2.80 bits per heavy atom. The Morgan fingerprint density at radius 2 is 2.08 bits per heavy atom. The molecule has 0 unspecified atom stereocenters. The highest BCUT2D eigenvalue weighted by atomic mass is 16.2. The number of likely N-dealkylation sites (tertiary alicyclic amines) is 1. The van der Waals surface area contributed by atoms with Crippen molar-refractivity contribution in [1.29, 1.82) is 5.26 Å². The third-order valence-corrected chi connectivity index (χ3v) is 5.06. The summed E-state index contributed by atoms with van der Waals surface area (Å²) in [6.07, 6.45) is 5.55. The van der Waals surface area contributed by atoms with Crippen LogP contribution in [0.2, 0.25) is 0 Å². The maximum atomic E-state index is 12.8. The summed E-state index contributed by atoms with van der Waals surface area (Å²) in [5.74, 6) is -0.214. The maximum Gasteiger partial charge on any atom is 0.257 e. The molecule has 0 aromatic carbocycles. The second-order valence-electron chi connectivity index (χ2n) is 7.54. The van der Waals surface area contributed by atoms with Crippen LogP contribution in [0.25, 0.3) is 5.52 Å². The Hall–Kier alpha value is -3.01. The largest absolute Gasteiger partial charge is 0.337 e. The number of hydrogen-bond acceptors (Lipinski definition) is 5. The predicted octanol–water partition coefficient (Wildman–Crippen LogP) is 1.62. The predicted molar refractivity (Wildman–Crippen MR) is 88.4 cm³/mol. The summed E-state index contributed by atoms with van der Waals surface area (Å²) in [5.41, 5.74) is 0.519. The van der Waals surface area contributed by atoms with Gasteiger partial charge in [-0.1, -0.05) is 19.9 Å². The van der Waals surface area contributed by atoms with Gasteiger partial charge in [-0.15, -0.1) is 0 Å². The first-order valence-electron chi connectivity index (χ1n) is 8.11. The quantitative estimate of drug-likeness (QED) is 0.790. The summed E-state index contributed by atoms with van der Waals surface area (Å²) in [5, 5.41) is 17.4. The van der Waals surface area contributed by atoms with Crippen LogP contribution in [-0.4, -0.2) is 44.5 Å². The molecule has 1 spiro atoms. The Morgan fingerprint density at radius 1 is 1.32 bits per heavy atom. The van der Waals surface area contributed by atoms with Gasteiger partial charge in [0.1, 0.15) is 11.6 Å². The van der Waals surface area contributed by atoms with Gasteiger partial charge in [-0.2, -0.15) is 20.1 Å². The van der Waals surface area contributed by atoms with Gasteiger partial charge in [0.15, 0.2) is 5.78 Å². The van der Waals surface area contributed by atoms with Gasteiger partial charge >= 0.3 is 0 Å². The minimum Gasteiger partial charge on any atom is -0.337 e. The second kappa shape index (κ2) is 4.99. The van der Waals surface area contributed by atoms with Gasteiger partial charge in [0.2, 0.25) is 0 Å². The van der Waals surface area contributed by atoms with Crippen molar-refractivity contribution in [3.8, 4) is 6.07 Å². The standard InChI is InChI=1S/C18H17N5O2/c1-17(2)9-18(6-12(7-19)15(17)24)10-22(11-18)16(25)13-8-21-23-14(13)4-3-5-20-23/h3-6,8H,9-11H2,1-2H3. The number of allylic oxidation sites excluding steroid dienone is 1. The molecular weight excluding hydrogens is 318 g/mol. The smallest absolute Gasteiger partial charge is 0.257 e. The van der Waals surface area contributed by atoms with Crippen molar-refractivity contribution in [1.82, 2.24) is 19.7 Å². The van der Waals surface area contributed by atoms with E-state index in [1.165, 1.54) is 10.8 Å². The summed E-state index contributed by atoms with van der Waals surface area (Å²) in [6.45, 7) is 4.74. The van der Waals surface area contributed by atoms with E-state index in [0.717, 1.165) is 0 Å². The zero-order valence-corrected chi connectivity index (χ0v) is 14.1. The van der Waals surface area contributed by atoms with Gasteiger partial charge in [-0.25, -0.2) is 0 Å². The molecule has 7 heteroatoms. The van der Waals surface area contributed by atoms with Crippen LogP contribution in [-0.2, 0) is 4.79 Å². The van der Waals surface area contributed by atoms with Crippen LogP contribution in [0.5, 0.6) is 0 Å². The van der Waals surface area contributed by atoms with Crippen molar-refractivity contribution in [3.05, 3.63) is 41.7 Å². The molecule has 0 radical (unpaired) electrons. The number of amides is 1. The minimum absolute atomic E-state index is 0.102. The fraction of sp³-hybridized carbons (Fsp3) is 0.389. The lowest BCUT2D eigenvalue weighted by Gasteiger charge is -2.53. The first kappa shape index (κ1) is 15.5. The van der Waals surface area contributed by atoms with Gasteiger partial charge in [-0.3, -0.25) is 9.59 Å². The average molecular weight is 335 g/mol. The van der Waals surface area contributed by atoms with E-state index in [0.29, 0.717) is 30.6 Å². The van der Waals surface area contributed by atoms with Crippen molar-refractivity contribution >= 4 is 17.2 Å². The molecule has 2 aromatic rings. The second-order valence-corrected chi connectivity index (χ2v) is 7.54. The van der Waals surface area contributed by atoms with Gasteiger partial charge in [0.05, 0.1) is 17.3 Å². The van der Waals surface area contributed by atoms with Crippen molar-refractivity contribution in [2.45, 2.75) is 20.3 Å². The van der Waals surface area contributed by atoms with Crippen LogP contribution in [0.4, 0.5) is 0 Å². The van der Waals surface area contributed by atoms with E-state index in [1.54, 1.807) is 29.3 Å². The molecular formula is C18H17N5O2. The molecule has 4 rings (SSSR count). The molecule has 0 N–H and O–H groups in total. The molecule has 1 aliphatic heterocycles. The number of carbonyl (C=O) groups excluding carboxylic acids is 2. The van der Waals surface area contributed by atoms with Crippen molar-refractivity contribution < 1.29 is 9.59 Å². The molecule has 25 heavy (non-hydrogen) atoms. The zero-order valence-electron chi connectivity index (χ0n) is 14.1. The highest BCUT2D eigenvalue weighted by molar-refractivity contribution is 6.04. The van der Waals surface area contributed by atoms with E-state index < -0.39 is 5.41 Å². The molecule has 0 bridgehead atoms. The molecule has 1 saturated heterocycles. The number of fused-ring (bicyclic) bond motifs is 1. The molecule has 1 amide bonds. The van der Waals surface area contributed by atoms with Crippen molar-refractivity contribution in [2.24, 2.45) is 10.8 Å². The van der Waals surface area contributed by atoms with Crippen LogP contribution >= 0.6 is 0 Å². The van der Waals surface area contributed by atoms with E-state index >= 15 is 0 Å². The van der Waals surface area contributed by atoms with Gasteiger partial charge in [0, 0.05) is 30.1 Å². The Bertz CT molecular complexity index is 973. The molecule has 126 valence electrons. The van der Waals surface area contributed by atoms with Crippen molar-refractivity contribution in [3.63, 3.8) is 0 Å². The van der Waals surface area contributed by atoms with E-state index in [1.807, 2.05) is 19.9 Å². The van der Waals surface area contributed by atoms with Gasteiger partial charge < -0.3 is 4.90 Å². The highest BCUT2D eigenvalue weighted by Gasteiger charge is 2.52. The SMILES string of the molecule is CC1(C)CC2(C=C(C#N)C1=O)CN(C(=O)c1cnn3ncccc13)C2. The number of hydrogen-bond donors (Lipinski definition) is 0. The molecule has 7 nitrogen and oxygen atoms in total. The highest BCUT2D eigenvalue weighted by Crippen LogP contribution is 2.48. The molecule has 2 aliphatic rings. The molecule has 3 heterocycles. The van der Waals surface area contributed by atoms with E-state index in [4.69, 9.17) is 0 Å². The number of carbonyl (C=O) groups is 2. The molecule has 2 aromatic heterocycles. The normalized spacial score (nSPS) is 20.9. The lowest BCUT2D eigenvalue weighted by Crippen LogP contribution is -2.60. The van der Waals surface area contributed by atoms with Gasteiger partial charge in [-0.05, 0) is 18.6 Å². The summed E-state index contributed by atoms with van der Waals surface area (Å²) >= 11 is 0. The molecule has 0 atom stereocenters. The number of aromatic nitrogens is 3. The monoisotopic (exact) mass is 335 g/mol. The molecule has 1 fully saturated rings. The topological polar surface area (TPSA) is 91.4 Å². The van der Waals surface area contributed by atoms with Crippen LogP contribution < -0.4 is 0 Å². The fourth-order valence-corrected chi connectivity index (χ4v) is 4.06. The number of rotatable bonds is 1. The lowest BCUT2D eigenvalue weighted by molar-refractivity contribution is -0.127. The van der Waals surface area contributed by atoms with Crippen LogP contribution in [0, 0.1) is 22.2 Å². The number of ketones is 1. The number of Topliss-reactive ketones (excluding diaryl/α,β-unsaturated/α-hetero) is 1. The Kier molecular flexibility index (Phi) is 3.10. The summed E-state index contributed by atoms with van der Waals surface area (Å²) in [4.78, 5) is 26.8. The van der Waals surface area contributed by atoms with Crippen LogP contribution in [0.15, 0.2) is 36.2 Å². The third kappa shape index (κ3) is 2.25. The molecule has 0 saturated carbocycles. The molecule has 1 aliphatic carbocycles. The average Bonchev–Trinajstić information content (AvgIpc) is 2.98. The van der Waals surface area contributed by atoms with Crippen LogP contribution in [0.3, 0.4) is 0 Å². The minimum atomic E-state index is -0.580. The van der Waals surface area contributed by atoms with E-state index in [-0.39, 0.29) is 22.7 Å². The number of nitriles is 1. The summed E-state index contributed by atoms with van der Waals surface area (Å²) in [6, 6.07) is 5.59. The van der Waals surface area contributed by atoms with Gasteiger partial charge in [0.25, 0.3) is 5.91 Å². The van der Waals surface area contributed by atoms with E-state index in [9.17, 15) is 14.9 Å². The maximum absolute atomic E-state index is 12.8.